The number of benzene rings is 1. The van der Waals surface area contributed by atoms with Gasteiger partial charge in [0.05, 0.1) is 26.5 Å². The van der Waals surface area contributed by atoms with Gasteiger partial charge >= 0.3 is 0 Å². The first-order valence-electron chi connectivity index (χ1n) is 9.33. The Hall–Kier alpha value is -1.88. The number of hydrogen-bond acceptors (Lipinski definition) is 4. The zero-order valence-corrected chi connectivity index (χ0v) is 15.9. The van der Waals surface area contributed by atoms with E-state index in [2.05, 4.69) is 11.5 Å². The van der Waals surface area contributed by atoms with E-state index in [1.165, 1.54) is 6.42 Å². The number of aryl methyl sites for hydroxylation is 1. The number of ketones is 1. The Morgan fingerprint density at radius 3 is 2.85 bits per heavy atom. The van der Waals surface area contributed by atoms with Crippen molar-refractivity contribution in [3.63, 3.8) is 0 Å². The average Bonchev–Trinajstić information content (AvgIpc) is 3.10. The van der Waals surface area contributed by atoms with Crippen LogP contribution >= 0.6 is 0 Å². The van der Waals surface area contributed by atoms with E-state index < -0.39 is 0 Å². The van der Waals surface area contributed by atoms with Crippen molar-refractivity contribution in [3.05, 3.63) is 35.9 Å². The fourth-order valence-electron chi connectivity index (χ4n) is 3.70. The zero-order chi connectivity index (χ0) is 18.9. The molecule has 144 valence electrons. The minimum Gasteiger partial charge on any atom is -0.493 e. The third-order valence-electron chi connectivity index (χ3n) is 5.01. The smallest absolute Gasteiger partial charge is 0.171 e. The molecule has 0 spiro atoms. The molecule has 0 amide bonds. The monoisotopic (exact) mass is 362 g/mol. The van der Waals surface area contributed by atoms with Crippen molar-refractivity contribution >= 4 is 5.78 Å². The Kier molecular flexibility index (Phi) is 8.10. The lowest BCUT2D eigenvalue weighted by Crippen LogP contribution is -2.29. The van der Waals surface area contributed by atoms with Gasteiger partial charge in [0, 0.05) is 19.0 Å². The summed E-state index contributed by atoms with van der Waals surface area (Å²) in [6, 6.07) is 4.09. The highest BCUT2D eigenvalue weighted by molar-refractivity contribution is 5.99. The van der Waals surface area contributed by atoms with Crippen molar-refractivity contribution in [2.75, 3.05) is 34.0 Å². The first-order chi connectivity index (χ1) is 12.6. The summed E-state index contributed by atoms with van der Waals surface area (Å²) in [6.07, 6.45) is 6.51. The lowest BCUT2D eigenvalue weighted by atomic mass is 9.97. The van der Waals surface area contributed by atoms with E-state index in [1.54, 1.807) is 14.2 Å². The summed E-state index contributed by atoms with van der Waals surface area (Å²) in [5.74, 6) is 1.05. The number of carbonyl (C=O) groups excluding carboxylic acids is 1. The number of rotatable bonds is 11. The largest absolute Gasteiger partial charge is 0.493 e. The Morgan fingerprint density at radius 2 is 2.19 bits per heavy atom. The Balaban J connectivity index is 2.14. The number of hydrogen-bond donors (Lipinski definition) is 0. The molecule has 1 unspecified atom stereocenters. The molecule has 1 heterocycles. The number of Topliss-reactive ketones (excluding diaryl/α,β-unsaturated/α-hetero) is 1. The molecular formula is C21H30FNO3. The Labute approximate surface area is 156 Å². The summed E-state index contributed by atoms with van der Waals surface area (Å²) in [4.78, 5) is 15.3. The fourth-order valence-corrected chi connectivity index (χ4v) is 3.70. The summed E-state index contributed by atoms with van der Waals surface area (Å²) < 4.78 is 23.3. The topological polar surface area (TPSA) is 38.8 Å². The quantitative estimate of drug-likeness (QED) is 0.436. The van der Waals surface area contributed by atoms with Crippen LogP contribution in [0.5, 0.6) is 11.5 Å². The van der Waals surface area contributed by atoms with Crippen LogP contribution in [-0.2, 0) is 6.42 Å². The predicted octanol–water partition coefficient (Wildman–Crippen LogP) is 4.22. The molecule has 0 bridgehead atoms. The van der Waals surface area contributed by atoms with E-state index in [-0.39, 0.29) is 12.5 Å². The zero-order valence-electron chi connectivity index (χ0n) is 15.9. The molecule has 26 heavy (non-hydrogen) atoms. The van der Waals surface area contributed by atoms with E-state index in [0.717, 1.165) is 31.5 Å². The van der Waals surface area contributed by atoms with Crippen LogP contribution in [0.4, 0.5) is 4.39 Å². The highest BCUT2D eigenvalue weighted by Crippen LogP contribution is 2.34. The number of carbonyl (C=O) groups is 1. The molecule has 1 aromatic carbocycles. The first-order valence-corrected chi connectivity index (χ1v) is 9.33. The molecule has 4 nitrogen and oxygen atoms in total. The lowest BCUT2D eigenvalue weighted by Gasteiger charge is -2.22. The van der Waals surface area contributed by atoms with Crippen LogP contribution in [-0.4, -0.2) is 50.7 Å². The van der Waals surface area contributed by atoms with Crippen LogP contribution in [0, 0.1) is 0 Å². The van der Waals surface area contributed by atoms with Gasteiger partial charge in [0.2, 0.25) is 0 Å². The molecular weight excluding hydrogens is 332 g/mol. The second-order valence-corrected chi connectivity index (χ2v) is 6.71. The van der Waals surface area contributed by atoms with Crippen LogP contribution in [0.15, 0.2) is 24.8 Å². The number of halogens is 1. The molecule has 0 aliphatic carbocycles. The van der Waals surface area contributed by atoms with Crippen molar-refractivity contribution in [2.24, 2.45) is 0 Å². The van der Waals surface area contributed by atoms with Crippen molar-refractivity contribution in [3.8, 4) is 11.5 Å². The minimum absolute atomic E-state index is 0.0488. The molecule has 0 N–H and O–H groups in total. The molecule has 1 aliphatic rings. The van der Waals surface area contributed by atoms with Gasteiger partial charge in [0.25, 0.3) is 0 Å². The molecule has 0 radical (unpaired) electrons. The fraction of sp³-hybridized carbons (Fsp3) is 0.571. The number of nitrogens with zero attached hydrogens (tertiary/aromatic N) is 1. The maximum atomic E-state index is 12.9. The summed E-state index contributed by atoms with van der Waals surface area (Å²) >= 11 is 0. The SMILES string of the molecule is C=CCN1CCCC1CCC(=O)c1cc(CCC[18F])cc(OC)c1OC. The molecule has 0 aromatic heterocycles. The number of likely N-dealkylation sites (tertiary alicyclic amines) is 1. The van der Waals surface area contributed by atoms with Crippen LogP contribution in [0.3, 0.4) is 0 Å². The third kappa shape index (κ3) is 5.07. The van der Waals surface area contributed by atoms with Gasteiger partial charge in [-0.1, -0.05) is 6.08 Å². The number of alkyl halides is 1. The van der Waals surface area contributed by atoms with E-state index in [4.69, 9.17) is 9.47 Å². The molecule has 2 rings (SSSR count). The molecule has 1 aromatic rings. The van der Waals surface area contributed by atoms with E-state index in [1.807, 2.05) is 18.2 Å². The molecule has 1 aliphatic heterocycles. The minimum atomic E-state index is -0.377. The van der Waals surface area contributed by atoms with Crippen molar-refractivity contribution in [2.45, 2.75) is 44.6 Å². The summed E-state index contributed by atoms with van der Waals surface area (Å²) in [7, 11) is 3.09. The van der Waals surface area contributed by atoms with E-state index in [0.29, 0.717) is 42.4 Å². The highest BCUT2D eigenvalue weighted by Gasteiger charge is 2.25. The molecule has 5 heteroatoms. The first kappa shape index (κ1) is 20.4. The average molecular weight is 362 g/mol. The standard InChI is InChI=1S/C21H30FNO3/c1-4-12-23-13-6-8-17(23)9-10-19(24)18-14-16(7-5-11-22)15-20(25-2)21(18)26-3/h4,14-15,17H,1,5-13H2,2-3H3/i22-1. The molecule has 1 atom stereocenters. The van der Waals surface area contributed by atoms with Crippen LogP contribution in [0.25, 0.3) is 0 Å². The Bertz CT molecular complexity index is 618. The summed E-state index contributed by atoms with van der Waals surface area (Å²) in [6.45, 7) is 5.38. The van der Waals surface area contributed by atoms with Crippen molar-refractivity contribution in [1.82, 2.24) is 4.90 Å². The second kappa shape index (κ2) is 10.3. The van der Waals surface area contributed by atoms with Gasteiger partial charge in [-0.2, -0.15) is 0 Å². The highest BCUT2D eigenvalue weighted by atomic mass is 18.2. The third-order valence-corrected chi connectivity index (χ3v) is 5.01. The van der Waals surface area contributed by atoms with Crippen LogP contribution < -0.4 is 9.47 Å². The predicted molar refractivity (Wildman–Crippen MR) is 102 cm³/mol. The number of ether oxygens (including phenoxy) is 2. The maximum absolute atomic E-state index is 12.9. The van der Waals surface area contributed by atoms with E-state index in [9.17, 15) is 9.18 Å². The Morgan fingerprint density at radius 1 is 1.38 bits per heavy atom. The maximum Gasteiger partial charge on any atom is 0.171 e. The van der Waals surface area contributed by atoms with Gasteiger partial charge in [-0.3, -0.25) is 14.1 Å². The van der Waals surface area contributed by atoms with Gasteiger partial charge in [-0.15, -0.1) is 6.58 Å². The van der Waals surface area contributed by atoms with E-state index >= 15 is 0 Å². The summed E-state index contributed by atoms with van der Waals surface area (Å²) in [5, 5.41) is 0. The molecule has 1 saturated heterocycles. The van der Waals surface area contributed by atoms with Crippen molar-refractivity contribution in [1.29, 1.82) is 0 Å². The van der Waals surface area contributed by atoms with Gasteiger partial charge in [-0.05, 0) is 56.3 Å². The normalized spacial score (nSPS) is 17.3. The molecule has 0 saturated carbocycles. The van der Waals surface area contributed by atoms with Crippen molar-refractivity contribution < 1.29 is 18.7 Å². The second-order valence-electron chi connectivity index (χ2n) is 6.71. The van der Waals surface area contributed by atoms with Crippen LogP contribution in [0.2, 0.25) is 0 Å². The molecule has 1 fully saturated rings. The van der Waals surface area contributed by atoms with Gasteiger partial charge < -0.3 is 9.47 Å². The number of methoxy groups -OCH3 is 2. The van der Waals surface area contributed by atoms with Crippen LogP contribution in [0.1, 0.15) is 48.0 Å². The lowest BCUT2D eigenvalue weighted by molar-refractivity contribution is 0.0965. The van der Waals surface area contributed by atoms with Gasteiger partial charge in [0.15, 0.2) is 17.3 Å². The van der Waals surface area contributed by atoms with Gasteiger partial charge in [0.1, 0.15) is 0 Å². The van der Waals surface area contributed by atoms with Gasteiger partial charge in [-0.25, -0.2) is 0 Å². The summed E-state index contributed by atoms with van der Waals surface area (Å²) in [5.41, 5.74) is 1.44.